The van der Waals surface area contributed by atoms with Crippen LogP contribution in [-0.2, 0) is 14.3 Å². The van der Waals surface area contributed by atoms with E-state index in [-0.39, 0.29) is 42.9 Å². The summed E-state index contributed by atoms with van der Waals surface area (Å²) in [7, 11) is 0. The highest BCUT2D eigenvalue weighted by Gasteiger charge is 2.36. The maximum Gasteiger partial charge on any atom is 0.407 e. The lowest BCUT2D eigenvalue weighted by Gasteiger charge is -2.31. The van der Waals surface area contributed by atoms with E-state index in [1.54, 1.807) is 4.90 Å². The van der Waals surface area contributed by atoms with Crippen LogP contribution in [0.1, 0.15) is 49.1 Å². The van der Waals surface area contributed by atoms with Crippen molar-refractivity contribution in [1.29, 1.82) is 0 Å². The fourth-order valence-electron chi connectivity index (χ4n) is 5.76. The third-order valence-corrected chi connectivity index (χ3v) is 7.39. The number of fused-ring (bicyclic) bond motifs is 3. The Morgan fingerprint density at radius 2 is 1.71 bits per heavy atom. The van der Waals surface area contributed by atoms with Gasteiger partial charge in [-0.3, -0.25) is 9.59 Å². The molecule has 7 nitrogen and oxygen atoms in total. The van der Waals surface area contributed by atoms with E-state index >= 15 is 0 Å². The fraction of sp³-hybridized carbons (Fsp3) is 0.393. The van der Waals surface area contributed by atoms with Gasteiger partial charge in [0, 0.05) is 24.4 Å². The van der Waals surface area contributed by atoms with Crippen LogP contribution < -0.4 is 5.32 Å². The van der Waals surface area contributed by atoms with Gasteiger partial charge in [0.05, 0.1) is 12.5 Å². The molecule has 2 aliphatic carbocycles. The normalized spacial score (nSPS) is 23.0. The molecule has 0 spiro atoms. The number of hydrogen-bond donors (Lipinski definition) is 2. The summed E-state index contributed by atoms with van der Waals surface area (Å²) < 4.78 is 5.65. The summed E-state index contributed by atoms with van der Waals surface area (Å²) >= 11 is 0. The fourth-order valence-corrected chi connectivity index (χ4v) is 5.76. The lowest BCUT2D eigenvalue weighted by atomic mass is 9.89. The third kappa shape index (κ3) is 4.81. The maximum atomic E-state index is 13.1. The largest absolute Gasteiger partial charge is 0.481 e. The van der Waals surface area contributed by atoms with Crippen molar-refractivity contribution in [2.45, 2.75) is 50.1 Å². The second-order valence-electron chi connectivity index (χ2n) is 9.60. The second kappa shape index (κ2) is 9.94. The first kappa shape index (κ1) is 23.1. The molecule has 0 aromatic heterocycles. The van der Waals surface area contributed by atoms with Crippen LogP contribution in [0.5, 0.6) is 0 Å². The lowest BCUT2D eigenvalue weighted by Crippen LogP contribution is -2.44. The molecule has 1 saturated heterocycles. The van der Waals surface area contributed by atoms with Gasteiger partial charge in [-0.25, -0.2) is 4.79 Å². The van der Waals surface area contributed by atoms with Gasteiger partial charge in [-0.05, 0) is 47.9 Å². The summed E-state index contributed by atoms with van der Waals surface area (Å²) in [5.74, 6) is -1.18. The number of hydrogen-bond acceptors (Lipinski definition) is 4. The van der Waals surface area contributed by atoms with Crippen molar-refractivity contribution in [3.63, 3.8) is 0 Å². The van der Waals surface area contributed by atoms with Crippen LogP contribution in [-0.4, -0.2) is 53.2 Å². The van der Waals surface area contributed by atoms with Gasteiger partial charge in [0.2, 0.25) is 5.91 Å². The van der Waals surface area contributed by atoms with Gasteiger partial charge in [-0.1, -0.05) is 60.7 Å². The average molecular weight is 475 g/mol. The summed E-state index contributed by atoms with van der Waals surface area (Å²) in [5, 5.41) is 12.0. The molecular formula is C28H30N2O5. The number of carboxylic acids is 1. The Labute approximate surface area is 204 Å². The van der Waals surface area contributed by atoms with E-state index in [2.05, 4.69) is 29.6 Å². The monoisotopic (exact) mass is 474 g/mol. The number of benzene rings is 2. The first-order valence-corrected chi connectivity index (χ1v) is 12.3. The smallest absolute Gasteiger partial charge is 0.407 e. The Kier molecular flexibility index (Phi) is 6.57. The Morgan fingerprint density at radius 3 is 2.40 bits per heavy atom. The van der Waals surface area contributed by atoms with Crippen LogP contribution in [0.15, 0.2) is 60.7 Å². The number of rotatable bonds is 6. The van der Waals surface area contributed by atoms with Gasteiger partial charge >= 0.3 is 12.1 Å². The van der Waals surface area contributed by atoms with Crippen LogP contribution in [0.3, 0.4) is 0 Å². The molecule has 35 heavy (non-hydrogen) atoms. The number of nitrogens with one attached hydrogen (secondary N) is 1. The highest BCUT2D eigenvalue weighted by atomic mass is 16.5. The number of likely N-dealkylation sites (tertiary alicyclic amines) is 1. The quantitative estimate of drug-likeness (QED) is 0.608. The van der Waals surface area contributed by atoms with Crippen molar-refractivity contribution in [2.75, 3.05) is 13.2 Å². The van der Waals surface area contributed by atoms with Gasteiger partial charge in [-0.15, -0.1) is 0 Å². The molecule has 5 rings (SSSR count). The molecular weight excluding hydrogens is 444 g/mol. The third-order valence-electron chi connectivity index (χ3n) is 7.39. The topological polar surface area (TPSA) is 95.9 Å². The van der Waals surface area contributed by atoms with E-state index in [4.69, 9.17) is 9.84 Å². The number of carbonyl (C=O) groups is 3. The molecule has 0 unspecified atom stereocenters. The molecule has 0 bridgehead atoms. The van der Waals surface area contributed by atoms with Crippen LogP contribution >= 0.6 is 0 Å². The summed E-state index contributed by atoms with van der Waals surface area (Å²) in [6, 6.07) is 15.9. The molecule has 7 heteroatoms. The number of nitrogens with zero attached hydrogens (tertiary/aromatic N) is 1. The summed E-state index contributed by atoms with van der Waals surface area (Å²) in [6.45, 7) is 0.838. The SMILES string of the molecule is O=C(O)C[C@@H]1CCCN1C(=O)[C@@H]1CC=C[C@@H](NC(=O)OCC2c3ccccc3-c3ccccc32)C1. The zero-order valence-electron chi connectivity index (χ0n) is 19.6. The van der Waals surface area contributed by atoms with E-state index < -0.39 is 12.1 Å². The van der Waals surface area contributed by atoms with Crippen LogP contribution in [0.4, 0.5) is 4.79 Å². The molecule has 2 aromatic carbocycles. The van der Waals surface area contributed by atoms with Crippen molar-refractivity contribution in [3.05, 3.63) is 71.8 Å². The highest BCUT2D eigenvalue weighted by molar-refractivity contribution is 5.81. The van der Waals surface area contributed by atoms with Crippen LogP contribution in [0.25, 0.3) is 11.1 Å². The van der Waals surface area contributed by atoms with Crippen molar-refractivity contribution in [2.24, 2.45) is 5.92 Å². The summed E-state index contributed by atoms with van der Waals surface area (Å²) in [5.41, 5.74) is 4.67. The molecule has 1 aliphatic heterocycles. The molecule has 3 aliphatic rings. The molecule has 182 valence electrons. The Balaban J connectivity index is 1.18. The van der Waals surface area contributed by atoms with Crippen molar-refractivity contribution in [3.8, 4) is 11.1 Å². The van der Waals surface area contributed by atoms with E-state index in [0.717, 1.165) is 24.0 Å². The van der Waals surface area contributed by atoms with Gasteiger partial charge < -0.3 is 20.1 Å². The molecule has 2 aromatic rings. The molecule has 1 fully saturated rings. The number of ether oxygens (including phenoxy) is 1. The number of amides is 2. The predicted molar refractivity (Wildman–Crippen MR) is 131 cm³/mol. The Hall–Kier alpha value is -3.61. The average Bonchev–Trinajstić information content (AvgIpc) is 3.44. The number of carboxylic acid groups (broad SMARTS) is 1. The van der Waals surface area contributed by atoms with Crippen LogP contribution in [0.2, 0.25) is 0 Å². The van der Waals surface area contributed by atoms with Crippen molar-refractivity contribution in [1.82, 2.24) is 10.2 Å². The first-order valence-electron chi connectivity index (χ1n) is 12.3. The van der Waals surface area contributed by atoms with Gasteiger partial charge in [0.25, 0.3) is 0 Å². The number of carbonyl (C=O) groups excluding carboxylic acids is 2. The number of allylic oxidation sites excluding steroid dienone is 1. The minimum atomic E-state index is -0.881. The molecule has 2 amide bonds. The minimum absolute atomic E-state index is 0.00860. The highest BCUT2D eigenvalue weighted by Crippen LogP contribution is 2.44. The Morgan fingerprint density at radius 1 is 1.03 bits per heavy atom. The van der Waals surface area contributed by atoms with Gasteiger partial charge in [-0.2, -0.15) is 0 Å². The van der Waals surface area contributed by atoms with Gasteiger partial charge in [0.15, 0.2) is 0 Å². The molecule has 3 atom stereocenters. The predicted octanol–water partition coefficient (Wildman–Crippen LogP) is 4.33. The van der Waals surface area contributed by atoms with Gasteiger partial charge in [0.1, 0.15) is 6.61 Å². The minimum Gasteiger partial charge on any atom is -0.481 e. The summed E-state index contributed by atoms with van der Waals surface area (Å²) in [6.07, 6.45) is 5.94. The molecule has 2 N–H and O–H groups in total. The second-order valence-corrected chi connectivity index (χ2v) is 9.60. The zero-order valence-corrected chi connectivity index (χ0v) is 19.6. The summed E-state index contributed by atoms with van der Waals surface area (Å²) in [4.78, 5) is 38.7. The maximum absolute atomic E-state index is 13.1. The lowest BCUT2D eigenvalue weighted by molar-refractivity contribution is -0.141. The van der Waals surface area contributed by atoms with Crippen molar-refractivity contribution >= 4 is 18.0 Å². The van der Waals surface area contributed by atoms with E-state index in [0.29, 0.717) is 19.4 Å². The van der Waals surface area contributed by atoms with Crippen LogP contribution in [0, 0.1) is 5.92 Å². The van der Waals surface area contributed by atoms with E-state index in [9.17, 15) is 14.4 Å². The van der Waals surface area contributed by atoms with Crippen molar-refractivity contribution < 1.29 is 24.2 Å². The number of aliphatic carboxylic acids is 1. The standard InChI is InChI=1S/C28H30N2O5/c31-26(32)16-20-9-6-14-30(20)27(33)18-7-5-8-19(15-18)29-28(34)35-17-25-23-12-3-1-10-21(23)22-11-2-4-13-24(22)25/h1-5,8,10-13,18-20,25H,6-7,9,14-17H2,(H,29,34)(H,31,32)/t18-,19-,20+/m1/s1. The zero-order chi connectivity index (χ0) is 24.4. The van der Waals surface area contributed by atoms with E-state index in [1.165, 1.54) is 11.1 Å². The number of alkyl carbamates (subject to hydrolysis) is 1. The first-order chi connectivity index (χ1) is 17.0. The molecule has 0 radical (unpaired) electrons. The Bertz CT molecular complexity index is 1110. The molecule has 1 heterocycles. The molecule has 0 saturated carbocycles. The van der Waals surface area contributed by atoms with E-state index in [1.807, 2.05) is 36.4 Å².